The second kappa shape index (κ2) is 15.7. The number of rotatable bonds is 10. The summed E-state index contributed by atoms with van der Waals surface area (Å²) in [6, 6.07) is 16.2. The van der Waals surface area contributed by atoms with E-state index in [9.17, 15) is 38.2 Å². The van der Waals surface area contributed by atoms with Crippen LogP contribution in [0.15, 0.2) is 60.7 Å². The van der Waals surface area contributed by atoms with Gasteiger partial charge in [0.25, 0.3) is 0 Å². The first-order chi connectivity index (χ1) is 27.5. The number of fused-ring (bicyclic) bond motifs is 2. The van der Waals surface area contributed by atoms with Crippen molar-refractivity contribution in [2.75, 3.05) is 27.2 Å². The fourth-order valence-corrected chi connectivity index (χ4v) is 8.53. The summed E-state index contributed by atoms with van der Waals surface area (Å²) in [5, 5.41) is 19.2. The van der Waals surface area contributed by atoms with Gasteiger partial charge in [-0.2, -0.15) is 0 Å². The minimum atomic E-state index is -1.27. The van der Waals surface area contributed by atoms with Crippen LogP contribution in [0.5, 0.6) is 0 Å². The van der Waals surface area contributed by atoms with Crippen LogP contribution in [0.1, 0.15) is 64.3 Å². The molecule has 0 unspecified atom stereocenters. The Morgan fingerprint density at radius 1 is 0.638 bits per heavy atom. The van der Waals surface area contributed by atoms with Crippen molar-refractivity contribution < 1.29 is 38.2 Å². The number of carbonyl (C=O) groups is 4. The molecule has 2 aromatic heterocycles. The summed E-state index contributed by atoms with van der Waals surface area (Å²) in [5.41, 5.74) is 6.37. The number of benzene rings is 3. The van der Waals surface area contributed by atoms with Crippen LogP contribution in [0.4, 0.5) is 18.4 Å². The van der Waals surface area contributed by atoms with Crippen LogP contribution in [0.3, 0.4) is 0 Å². The molecule has 4 amide bonds. The molecule has 6 atom stereocenters. The van der Waals surface area contributed by atoms with Gasteiger partial charge in [-0.05, 0) is 58.4 Å². The number of carboxylic acid groups (broad SMARTS) is 2. The number of H-pyrrole nitrogens is 2. The third-order valence-corrected chi connectivity index (χ3v) is 11.5. The van der Waals surface area contributed by atoms with E-state index in [1.807, 2.05) is 60.7 Å². The number of aromatic nitrogens is 4. The van der Waals surface area contributed by atoms with Crippen LogP contribution in [-0.2, 0) is 9.59 Å². The van der Waals surface area contributed by atoms with E-state index in [1.54, 1.807) is 27.7 Å². The Hall–Kier alpha value is -6.06. The minimum Gasteiger partial charge on any atom is -0.465 e. The highest BCUT2D eigenvalue weighted by atomic mass is 19.1. The molecule has 2 aliphatic rings. The number of nitrogens with one attached hydrogen (secondary N) is 2. The van der Waals surface area contributed by atoms with E-state index in [4.69, 9.17) is 9.97 Å². The van der Waals surface area contributed by atoms with Gasteiger partial charge in [-0.1, -0.05) is 64.1 Å². The lowest BCUT2D eigenvalue weighted by atomic mass is 10.00. The number of hydrogen-bond donors (Lipinski definition) is 4. The van der Waals surface area contributed by atoms with E-state index in [-0.39, 0.29) is 37.8 Å². The van der Waals surface area contributed by atoms with E-state index in [0.717, 1.165) is 43.1 Å². The molecule has 14 nitrogen and oxygen atoms in total. The van der Waals surface area contributed by atoms with E-state index in [2.05, 4.69) is 9.97 Å². The van der Waals surface area contributed by atoms with Gasteiger partial charge < -0.3 is 30.0 Å². The lowest BCUT2D eigenvalue weighted by Crippen LogP contribution is -2.51. The van der Waals surface area contributed by atoms with Gasteiger partial charge in [0.1, 0.15) is 36.1 Å². The van der Waals surface area contributed by atoms with Crippen molar-refractivity contribution >= 4 is 46.1 Å². The number of halogens is 2. The molecular weight excluding hydrogens is 751 g/mol. The molecule has 3 aromatic carbocycles. The van der Waals surface area contributed by atoms with Gasteiger partial charge in [0.05, 0.1) is 47.2 Å². The van der Waals surface area contributed by atoms with Crippen molar-refractivity contribution in [2.45, 2.75) is 77.0 Å². The number of likely N-dealkylation sites (N-methyl/N-ethyl adjacent to an activating group) is 2. The maximum atomic E-state index is 14.9. The molecular formula is C42H48F2N8O6. The minimum absolute atomic E-state index is 0.0504. The number of nitrogens with zero attached hydrogens (tertiary/aromatic N) is 6. The Labute approximate surface area is 333 Å². The molecule has 0 spiro atoms. The van der Waals surface area contributed by atoms with Gasteiger partial charge in [0.15, 0.2) is 0 Å². The van der Waals surface area contributed by atoms with Crippen molar-refractivity contribution in [1.82, 2.24) is 39.5 Å². The van der Waals surface area contributed by atoms with Crippen molar-refractivity contribution in [3.8, 4) is 22.3 Å². The number of aromatic amines is 2. The van der Waals surface area contributed by atoms with Crippen LogP contribution in [0.2, 0.25) is 0 Å². The van der Waals surface area contributed by atoms with Crippen LogP contribution in [-0.4, -0.2) is 125 Å². The average Bonchev–Trinajstić information content (AvgIpc) is 3.98. The van der Waals surface area contributed by atoms with Crippen molar-refractivity contribution in [1.29, 1.82) is 0 Å². The number of imidazole rings is 2. The van der Waals surface area contributed by atoms with Crippen LogP contribution >= 0.6 is 0 Å². The summed E-state index contributed by atoms with van der Waals surface area (Å²) in [5.74, 6) is -0.675. The van der Waals surface area contributed by atoms with Crippen LogP contribution in [0.25, 0.3) is 44.3 Å². The van der Waals surface area contributed by atoms with E-state index in [1.165, 1.54) is 23.9 Å². The first-order valence-corrected chi connectivity index (χ1v) is 19.4. The molecule has 0 radical (unpaired) electrons. The standard InChI is InChI=1S/C42H48F2N8O6/c1-21(2)35(49(5)41(55)56)39(53)51-19-27(43)17-33(51)37-45-29-13-11-25(15-31(29)47-37)23-7-9-24(10-8-23)26-12-14-30-32(16-26)48-38(46-30)34-18-28(44)20-52(34)40(54)36(22(3)4)50(6)42(57)58/h7-16,21-22,27-28,33-36H,17-20H2,1-6H3,(H,45,47)(H,46,48)(H,55,56)(H,57,58)/t27-,28-,33+,34+,35+,36+/m1/s1. The lowest BCUT2D eigenvalue weighted by Gasteiger charge is -2.33. The maximum Gasteiger partial charge on any atom is 0.407 e. The molecule has 5 aromatic rings. The molecule has 4 N–H and O–H groups in total. The van der Waals surface area contributed by atoms with Crippen molar-refractivity contribution in [3.05, 3.63) is 72.3 Å². The smallest absolute Gasteiger partial charge is 0.407 e. The summed E-state index contributed by atoms with van der Waals surface area (Å²) >= 11 is 0. The summed E-state index contributed by atoms with van der Waals surface area (Å²) in [7, 11) is 2.70. The predicted molar refractivity (Wildman–Crippen MR) is 213 cm³/mol. The van der Waals surface area contributed by atoms with Crippen LogP contribution in [0, 0.1) is 11.8 Å². The highest BCUT2D eigenvalue weighted by Gasteiger charge is 2.44. The second-order valence-corrected chi connectivity index (χ2v) is 16.1. The predicted octanol–water partition coefficient (Wildman–Crippen LogP) is 7.27. The highest BCUT2D eigenvalue weighted by Crippen LogP contribution is 2.38. The zero-order chi connectivity index (χ0) is 41.7. The van der Waals surface area contributed by atoms with E-state index < -0.39 is 60.5 Å². The van der Waals surface area contributed by atoms with Crippen molar-refractivity contribution in [3.63, 3.8) is 0 Å². The Morgan fingerprint density at radius 3 is 1.31 bits per heavy atom. The zero-order valence-electron chi connectivity index (χ0n) is 33.2. The fraction of sp³-hybridized carbons (Fsp3) is 0.429. The Bertz CT molecular complexity index is 2200. The summed E-state index contributed by atoms with van der Waals surface area (Å²) in [6.45, 7) is 6.76. The Kier molecular flexibility index (Phi) is 10.9. The molecule has 4 heterocycles. The largest absolute Gasteiger partial charge is 0.465 e. The van der Waals surface area contributed by atoms with Gasteiger partial charge in [-0.15, -0.1) is 0 Å². The lowest BCUT2D eigenvalue weighted by molar-refractivity contribution is -0.139. The van der Waals surface area contributed by atoms with Gasteiger partial charge >= 0.3 is 12.2 Å². The van der Waals surface area contributed by atoms with E-state index in [0.29, 0.717) is 22.7 Å². The number of carbonyl (C=O) groups excluding carboxylic acids is 2. The Balaban J connectivity index is 1.09. The summed E-state index contributed by atoms with van der Waals surface area (Å²) in [4.78, 5) is 71.7. The number of alkyl halides is 2. The number of amides is 4. The van der Waals surface area contributed by atoms with Crippen molar-refractivity contribution in [2.24, 2.45) is 11.8 Å². The monoisotopic (exact) mass is 798 g/mol. The molecule has 7 rings (SSSR count). The molecule has 306 valence electrons. The Morgan fingerprint density at radius 2 is 0.983 bits per heavy atom. The van der Waals surface area contributed by atoms with Crippen LogP contribution < -0.4 is 0 Å². The van der Waals surface area contributed by atoms with E-state index >= 15 is 0 Å². The maximum absolute atomic E-state index is 14.9. The quantitative estimate of drug-likeness (QED) is 0.114. The first kappa shape index (κ1) is 40.1. The van der Waals surface area contributed by atoms with Gasteiger partial charge in [0, 0.05) is 26.9 Å². The van der Waals surface area contributed by atoms with Gasteiger partial charge in [-0.25, -0.2) is 28.3 Å². The number of likely N-dealkylation sites (tertiary alicyclic amines) is 2. The highest BCUT2D eigenvalue weighted by molar-refractivity contribution is 5.88. The SMILES string of the molecule is CC(C)[C@@H](C(=O)N1C[C@H](F)C[C@H]1c1nc2cc(-c3ccc(-c4ccc5[nH]c([C@@H]6C[C@@H](F)CN6C(=O)[C@H](C(C)C)N(C)C(=O)O)nc5c4)cc3)ccc2[nH]1)N(C)C(=O)O. The molecule has 0 bridgehead atoms. The molecule has 2 fully saturated rings. The average molecular weight is 799 g/mol. The first-order valence-electron chi connectivity index (χ1n) is 19.4. The molecule has 0 aliphatic carbocycles. The molecule has 16 heteroatoms. The second-order valence-electron chi connectivity index (χ2n) is 16.1. The zero-order valence-corrected chi connectivity index (χ0v) is 33.2. The normalized spacial score (nSPS) is 20.7. The van der Waals surface area contributed by atoms with Gasteiger partial charge in [-0.3, -0.25) is 19.4 Å². The third-order valence-electron chi connectivity index (χ3n) is 11.5. The molecule has 2 saturated heterocycles. The van der Waals surface area contributed by atoms with Gasteiger partial charge in [0.2, 0.25) is 11.8 Å². The molecule has 0 saturated carbocycles. The molecule has 58 heavy (non-hydrogen) atoms. The summed E-state index contributed by atoms with van der Waals surface area (Å²) in [6.07, 6.45) is -4.91. The fourth-order valence-electron chi connectivity index (χ4n) is 8.53. The topological polar surface area (TPSA) is 179 Å². The number of hydrogen-bond acceptors (Lipinski definition) is 6. The molecule has 2 aliphatic heterocycles. The summed E-state index contributed by atoms with van der Waals surface area (Å²) < 4.78 is 29.7. The third kappa shape index (κ3) is 7.54.